The molecule has 0 saturated heterocycles. The second-order valence-electron chi connectivity index (χ2n) is 5.91. The molecule has 1 aliphatic heterocycles. The summed E-state index contributed by atoms with van der Waals surface area (Å²) in [5, 5.41) is 12.6. The van der Waals surface area contributed by atoms with Crippen LogP contribution in [0.5, 0.6) is 11.5 Å². The summed E-state index contributed by atoms with van der Waals surface area (Å²) in [6.45, 7) is 0. The molecule has 0 aromatic heterocycles. The van der Waals surface area contributed by atoms with Gasteiger partial charge in [-0.05, 0) is 41.5 Å². The molecule has 3 aromatic carbocycles. The minimum Gasteiger partial charge on any atom is -0.508 e. The van der Waals surface area contributed by atoms with Gasteiger partial charge in [0.05, 0.1) is 0 Å². The first kappa shape index (κ1) is 15.6. The van der Waals surface area contributed by atoms with Crippen LogP contribution in [0.2, 0.25) is 0 Å². The lowest BCUT2D eigenvalue weighted by atomic mass is 9.70. The number of hydrogen-bond donors (Lipinski definition) is 3. The van der Waals surface area contributed by atoms with E-state index in [-0.39, 0.29) is 11.7 Å². The predicted octanol–water partition coefficient (Wildman–Crippen LogP) is 3.90. The Morgan fingerprint density at radius 2 is 1.48 bits per heavy atom. The summed E-state index contributed by atoms with van der Waals surface area (Å²) in [5.41, 5.74) is 2.28. The molecule has 0 aliphatic carbocycles. The number of carbonyl (C=O) groups excluding carboxylic acids is 1. The van der Waals surface area contributed by atoms with Crippen molar-refractivity contribution in [2.45, 2.75) is 5.41 Å². The van der Waals surface area contributed by atoms with Gasteiger partial charge in [0, 0.05) is 24.2 Å². The third-order valence-electron chi connectivity index (χ3n) is 4.61. The monoisotopic (exact) mass is 349 g/mol. The van der Waals surface area contributed by atoms with E-state index in [2.05, 4.69) is 18.2 Å². The molecule has 2 N–H and O–H groups in total. The van der Waals surface area contributed by atoms with Crippen molar-refractivity contribution in [1.82, 2.24) is 0 Å². The van der Waals surface area contributed by atoms with Crippen LogP contribution in [-0.2, 0) is 10.2 Å². The number of phenolic OH excluding ortho intramolecular Hbond substituents is 1. The Morgan fingerprint density at radius 1 is 0.880 bits per heavy atom. The standard InChI is InChI=1S/C20H15NO3S/c22-15-9-5-13(6-10-15)20(14-7-11-16(24-25)12-8-14)17-3-1-2-4-18(17)21-19(20)23/h1-12,22,25H,(H,21,23). The molecule has 0 fully saturated rings. The molecular formula is C20H15NO3S. The molecule has 5 heteroatoms. The number of hydrogen-bond acceptors (Lipinski definition) is 4. The number of rotatable bonds is 3. The van der Waals surface area contributed by atoms with Gasteiger partial charge in [0.2, 0.25) is 5.91 Å². The summed E-state index contributed by atoms with van der Waals surface area (Å²) < 4.78 is 4.94. The summed E-state index contributed by atoms with van der Waals surface area (Å²) in [5.74, 6) is 0.628. The van der Waals surface area contributed by atoms with Gasteiger partial charge < -0.3 is 14.6 Å². The van der Waals surface area contributed by atoms with Crippen molar-refractivity contribution in [2.24, 2.45) is 0 Å². The highest BCUT2D eigenvalue weighted by atomic mass is 32.1. The minimum absolute atomic E-state index is 0.126. The molecule has 1 amide bonds. The quantitative estimate of drug-likeness (QED) is 0.496. The third kappa shape index (κ3) is 2.27. The molecule has 3 aromatic rings. The maximum atomic E-state index is 13.2. The van der Waals surface area contributed by atoms with Crippen LogP contribution in [0.25, 0.3) is 0 Å². The molecule has 4 rings (SSSR count). The van der Waals surface area contributed by atoms with Gasteiger partial charge in [-0.1, -0.05) is 42.5 Å². The molecule has 0 saturated carbocycles. The fourth-order valence-electron chi connectivity index (χ4n) is 3.47. The molecule has 0 spiro atoms. The maximum Gasteiger partial charge on any atom is 0.244 e. The van der Waals surface area contributed by atoms with Crippen LogP contribution in [0.15, 0.2) is 72.8 Å². The molecule has 1 heterocycles. The van der Waals surface area contributed by atoms with Gasteiger partial charge in [0.25, 0.3) is 0 Å². The van der Waals surface area contributed by atoms with Crippen LogP contribution in [0.4, 0.5) is 5.69 Å². The second-order valence-corrected chi connectivity index (χ2v) is 6.09. The lowest BCUT2D eigenvalue weighted by Gasteiger charge is -2.29. The van der Waals surface area contributed by atoms with Crippen molar-refractivity contribution in [3.05, 3.63) is 89.5 Å². The normalized spacial score (nSPS) is 18.5. The highest BCUT2D eigenvalue weighted by Gasteiger charge is 2.49. The zero-order chi connectivity index (χ0) is 17.4. The maximum absolute atomic E-state index is 13.2. The Hall–Kier alpha value is -2.92. The Balaban J connectivity index is 2.02. The number of phenols is 1. The number of fused-ring (bicyclic) bond motifs is 1. The first-order valence-electron chi connectivity index (χ1n) is 7.78. The topological polar surface area (TPSA) is 58.6 Å². The highest BCUT2D eigenvalue weighted by molar-refractivity contribution is 7.75. The van der Waals surface area contributed by atoms with E-state index in [4.69, 9.17) is 4.18 Å². The predicted molar refractivity (Wildman–Crippen MR) is 99.1 cm³/mol. The first-order chi connectivity index (χ1) is 12.2. The number of para-hydroxylation sites is 1. The first-order valence-corrected chi connectivity index (χ1v) is 8.15. The molecule has 1 atom stereocenters. The number of benzene rings is 3. The van der Waals surface area contributed by atoms with E-state index in [0.717, 1.165) is 22.4 Å². The number of aromatic hydroxyl groups is 1. The zero-order valence-corrected chi connectivity index (χ0v) is 14.0. The van der Waals surface area contributed by atoms with Crippen LogP contribution in [0.3, 0.4) is 0 Å². The molecular weight excluding hydrogens is 334 g/mol. The summed E-state index contributed by atoms with van der Waals surface area (Å²) in [6.07, 6.45) is 0. The van der Waals surface area contributed by atoms with Gasteiger partial charge in [-0.2, -0.15) is 0 Å². The number of thiol groups is 1. The van der Waals surface area contributed by atoms with Gasteiger partial charge in [-0.25, -0.2) is 0 Å². The van der Waals surface area contributed by atoms with E-state index in [0.29, 0.717) is 5.75 Å². The van der Waals surface area contributed by atoms with Crippen LogP contribution < -0.4 is 9.50 Å². The van der Waals surface area contributed by atoms with Crippen LogP contribution >= 0.6 is 12.9 Å². The largest absolute Gasteiger partial charge is 0.508 e. The van der Waals surface area contributed by atoms with Crippen molar-refractivity contribution >= 4 is 24.5 Å². The summed E-state index contributed by atoms with van der Waals surface area (Å²) >= 11 is 3.81. The molecule has 0 bridgehead atoms. The Morgan fingerprint density at radius 3 is 2.12 bits per heavy atom. The van der Waals surface area contributed by atoms with Crippen molar-refractivity contribution in [2.75, 3.05) is 5.32 Å². The molecule has 0 radical (unpaired) electrons. The fourth-order valence-corrected chi connectivity index (χ4v) is 3.60. The molecule has 4 nitrogen and oxygen atoms in total. The summed E-state index contributed by atoms with van der Waals surface area (Å²) in [7, 11) is 0. The van der Waals surface area contributed by atoms with E-state index >= 15 is 0 Å². The number of amides is 1. The van der Waals surface area contributed by atoms with E-state index < -0.39 is 5.41 Å². The molecule has 1 unspecified atom stereocenters. The zero-order valence-electron chi connectivity index (χ0n) is 13.1. The van der Waals surface area contributed by atoms with E-state index in [1.807, 2.05) is 36.4 Å². The number of carbonyl (C=O) groups is 1. The molecule has 124 valence electrons. The smallest absolute Gasteiger partial charge is 0.244 e. The van der Waals surface area contributed by atoms with Crippen LogP contribution in [0, 0.1) is 0 Å². The average Bonchev–Trinajstić information content (AvgIpc) is 2.95. The highest BCUT2D eigenvalue weighted by Crippen LogP contribution is 2.47. The van der Waals surface area contributed by atoms with Gasteiger partial charge in [0.1, 0.15) is 16.9 Å². The molecule has 25 heavy (non-hydrogen) atoms. The lowest BCUT2D eigenvalue weighted by Crippen LogP contribution is -2.36. The molecule has 1 aliphatic rings. The number of anilines is 1. The summed E-state index contributed by atoms with van der Waals surface area (Å²) in [4.78, 5) is 13.2. The van der Waals surface area contributed by atoms with Gasteiger partial charge >= 0.3 is 0 Å². The SMILES string of the molecule is O=C1Nc2ccccc2C1(c1ccc(O)cc1)c1ccc(OS)cc1. The Labute approximate surface area is 150 Å². The van der Waals surface area contributed by atoms with E-state index in [1.54, 1.807) is 36.4 Å². The average molecular weight is 349 g/mol. The van der Waals surface area contributed by atoms with Crippen LogP contribution in [-0.4, -0.2) is 11.0 Å². The Kier molecular flexibility index (Phi) is 3.66. The summed E-state index contributed by atoms with van der Waals surface area (Å²) in [6, 6.07) is 21.7. The number of nitrogens with one attached hydrogen (secondary N) is 1. The third-order valence-corrected chi connectivity index (χ3v) is 4.82. The van der Waals surface area contributed by atoms with Gasteiger partial charge in [-0.15, -0.1) is 0 Å². The lowest BCUT2D eigenvalue weighted by molar-refractivity contribution is -0.118. The van der Waals surface area contributed by atoms with Crippen molar-refractivity contribution in [3.8, 4) is 11.5 Å². The van der Waals surface area contributed by atoms with Crippen molar-refractivity contribution in [1.29, 1.82) is 0 Å². The van der Waals surface area contributed by atoms with E-state index in [9.17, 15) is 9.90 Å². The van der Waals surface area contributed by atoms with Crippen molar-refractivity contribution < 1.29 is 14.1 Å². The Bertz CT molecular complexity index is 938. The van der Waals surface area contributed by atoms with Gasteiger partial charge in [0.15, 0.2) is 0 Å². The van der Waals surface area contributed by atoms with Gasteiger partial charge in [-0.3, -0.25) is 4.79 Å². The fraction of sp³-hybridized carbons (Fsp3) is 0.0500. The van der Waals surface area contributed by atoms with Crippen LogP contribution in [0.1, 0.15) is 16.7 Å². The van der Waals surface area contributed by atoms with E-state index in [1.165, 1.54) is 0 Å². The minimum atomic E-state index is -0.987. The second kappa shape index (κ2) is 5.86. The van der Waals surface area contributed by atoms with Crippen molar-refractivity contribution in [3.63, 3.8) is 0 Å².